The van der Waals surface area contributed by atoms with Gasteiger partial charge in [0.1, 0.15) is 5.82 Å². The first-order valence-corrected chi connectivity index (χ1v) is 10.4. The highest BCUT2D eigenvalue weighted by Gasteiger charge is 2.19. The van der Waals surface area contributed by atoms with Crippen molar-refractivity contribution in [2.75, 3.05) is 43.9 Å². The Bertz CT molecular complexity index is 772. The average molecular weight is 423 g/mol. The third-order valence-corrected chi connectivity index (χ3v) is 5.85. The van der Waals surface area contributed by atoms with Crippen molar-refractivity contribution in [3.05, 3.63) is 45.6 Å². The molecule has 0 saturated carbocycles. The number of nitrogens with two attached hydrogens (primary N) is 1. The standard InChI is InChI=1S/C20H28Cl2N6/c1-14-11-19(26-20(23)25-14)27(2)10-7-24-16-5-8-28(9-6-16)13-15-3-4-17(21)18(22)12-15/h3-4,11-12,16,24H,5-10,13H2,1-2H3,(H2,23,25,26). The molecule has 0 atom stereocenters. The number of hydrogen-bond acceptors (Lipinski definition) is 6. The largest absolute Gasteiger partial charge is 0.368 e. The minimum absolute atomic E-state index is 0.323. The number of nitrogens with one attached hydrogen (secondary N) is 1. The number of halogens is 2. The predicted molar refractivity (Wildman–Crippen MR) is 117 cm³/mol. The van der Waals surface area contributed by atoms with Gasteiger partial charge in [-0.15, -0.1) is 0 Å². The Balaban J connectivity index is 1.39. The first-order valence-electron chi connectivity index (χ1n) is 9.62. The second-order valence-corrected chi connectivity index (χ2v) is 8.21. The number of aryl methyl sites for hydroxylation is 1. The molecule has 1 saturated heterocycles. The summed E-state index contributed by atoms with van der Waals surface area (Å²) in [4.78, 5) is 13.0. The fourth-order valence-corrected chi connectivity index (χ4v) is 3.83. The van der Waals surface area contributed by atoms with E-state index >= 15 is 0 Å². The smallest absolute Gasteiger partial charge is 0.222 e. The highest BCUT2D eigenvalue weighted by atomic mass is 35.5. The molecule has 0 bridgehead atoms. The van der Waals surface area contributed by atoms with Gasteiger partial charge in [-0.3, -0.25) is 4.90 Å². The molecule has 1 aromatic heterocycles. The number of piperidine rings is 1. The molecule has 1 fully saturated rings. The minimum atomic E-state index is 0.323. The summed E-state index contributed by atoms with van der Waals surface area (Å²) in [7, 11) is 2.03. The molecule has 3 N–H and O–H groups in total. The lowest BCUT2D eigenvalue weighted by Gasteiger charge is -2.33. The minimum Gasteiger partial charge on any atom is -0.368 e. The Morgan fingerprint density at radius 2 is 1.93 bits per heavy atom. The summed E-state index contributed by atoms with van der Waals surface area (Å²) < 4.78 is 0. The number of nitrogen functional groups attached to an aromatic ring is 1. The van der Waals surface area contributed by atoms with Crippen LogP contribution in [-0.2, 0) is 6.54 Å². The maximum atomic E-state index is 6.12. The second-order valence-electron chi connectivity index (χ2n) is 7.40. The van der Waals surface area contributed by atoms with Crippen molar-refractivity contribution >= 4 is 35.0 Å². The van der Waals surface area contributed by atoms with Crippen LogP contribution in [-0.4, -0.2) is 54.1 Å². The first-order chi connectivity index (χ1) is 13.4. The number of anilines is 2. The molecular weight excluding hydrogens is 395 g/mol. The van der Waals surface area contributed by atoms with E-state index in [9.17, 15) is 0 Å². The zero-order chi connectivity index (χ0) is 20.1. The van der Waals surface area contributed by atoms with Gasteiger partial charge in [-0.25, -0.2) is 4.98 Å². The second kappa shape index (κ2) is 9.74. The molecule has 1 aliphatic rings. The van der Waals surface area contributed by atoms with Crippen LogP contribution in [0.2, 0.25) is 10.0 Å². The lowest BCUT2D eigenvalue weighted by molar-refractivity contribution is 0.191. The topological polar surface area (TPSA) is 70.3 Å². The van der Waals surface area contributed by atoms with Gasteiger partial charge < -0.3 is 16.0 Å². The summed E-state index contributed by atoms with van der Waals surface area (Å²) in [6.07, 6.45) is 2.29. The Morgan fingerprint density at radius 3 is 2.61 bits per heavy atom. The van der Waals surface area contributed by atoms with Crippen molar-refractivity contribution in [1.82, 2.24) is 20.2 Å². The van der Waals surface area contributed by atoms with Gasteiger partial charge >= 0.3 is 0 Å². The molecule has 28 heavy (non-hydrogen) atoms. The molecule has 1 aromatic carbocycles. The summed E-state index contributed by atoms with van der Waals surface area (Å²) in [5, 5.41) is 4.91. The van der Waals surface area contributed by atoms with Crippen LogP contribution in [0.15, 0.2) is 24.3 Å². The van der Waals surface area contributed by atoms with Crippen molar-refractivity contribution in [3.63, 3.8) is 0 Å². The molecule has 152 valence electrons. The van der Waals surface area contributed by atoms with Crippen molar-refractivity contribution in [2.45, 2.75) is 32.4 Å². The fourth-order valence-electron chi connectivity index (χ4n) is 3.51. The zero-order valence-electron chi connectivity index (χ0n) is 16.5. The Hall–Kier alpha value is -1.60. The van der Waals surface area contributed by atoms with Crippen molar-refractivity contribution in [3.8, 4) is 0 Å². The molecule has 2 aromatic rings. The van der Waals surface area contributed by atoms with Crippen LogP contribution in [0.5, 0.6) is 0 Å². The lowest BCUT2D eigenvalue weighted by Crippen LogP contribution is -2.44. The predicted octanol–water partition coefficient (Wildman–Crippen LogP) is 3.36. The first kappa shape index (κ1) is 21.1. The molecule has 3 rings (SSSR count). The van der Waals surface area contributed by atoms with Gasteiger partial charge in [0.05, 0.1) is 10.0 Å². The van der Waals surface area contributed by atoms with Crippen LogP contribution in [0, 0.1) is 6.92 Å². The average Bonchev–Trinajstić information content (AvgIpc) is 2.65. The third-order valence-electron chi connectivity index (χ3n) is 5.11. The summed E-state index contributed by atoms with van der Waals surface area (Å²) in [6, 6.07) is 8.40. The van der Waals surface area contributed by atoms with Crippen LogP contribution in [0.3, 0.4) is 0 Å². The molecular formula is C20H28Cl2N6. The van der Waals surface area contributed by atoms with Crippen LogP contribution >= 0.6 is 23.2 Å². The number of rotatable bonds is 7. The maximum absolute atomic E-state index is 6.12. The SMILES string of the molecule is Cc1cc(N(C)CCNC2CCN(Cc3ccc(Cl)c(Cl)c3)CC2)nc(N)n1. The molecule has 0 radical (unpaired) electrons. The van der Waals surface area contributed by atoms with Gasteiger partial charge in [0.2, 0.25) is 5.95 Å². The molecule has 1 aliphatic heterocycles. The Labute approximate surface area is 177 Å². The monoisotopic (exact) mass is 422 g/mol. The van der Waals surface area contributed by atoms with Crippen LogP contribution in [0.4, 0.5) is 11.8 Å². The van der Waals surface area contributed by atoms with Gasteiger partial charge in [-0.1, -0.05) is 29.3 Å². The van der Waals surface area contributed by atoms with Crippen molar-refractivity contribution < 1.29 is 0 Å². The van der Waals surface area contributed by atoms with Crippen molar-refractivity contribution in [2.24, 2.45) is 0 Å². The van der Waals surface area contributed by atoms with Crippen LogP contribution in [0.1, 0.15) is 24.1 Å². The van der Waals surface area contributed by atoms with E-state index in [4.69, 9.17) is 28.9 Å². The number of nitrogens with zero attached hydrogens (tertiary/aromatic N) is 4. The number of benzene rings is 1. The Morgan fingerprint density at radius 1 is 1.18 bits per heavy atom. The Kier molecular flexibility index (Phi) is 7.35. The number of likely N-dealkylation sites (tertiary alicyclic amines) is 1. The van der Waals surface area contributed by atoms with Crippen LogP contribution < -0.4 is 16.0 Å². The summed E-state index contributed by atoms with van der Waals surface area (Å²) in [5.74, 6) is 1.19. The van der Waals surface area contributed by atoms with Crippen LogP contribution in [0.25, 0.3) is 0 Å². The van der Waals surface area contributed by atoms with Gasteiger partial charge in [-0.2, -0.15) is 4.98 Å². The maximum Gasteiger partial charge on any atom is 0.222 e. The molecule has 0 aliphatic carbocycles. The lowest BCUT2D eigenvalue weighted by atomic mass is 10.0. The number of aromatic nitrogens is 2. The van der Waals surface area contributed by atoms with Gasteiger partial charge in [0.15, 0.2) is 0 Å². The highest BCUT2D eigenvalue weighted by molar-refractivity contribution is 6.42. The summed E-state index contributed by atoms with van der Waals surface area (Å²) in [6.45, 7) is 6.79. The molecule has 0 amide bonds. The van der Waals surface area contributed by atoms with Gasteiger partial charge in [0.25, 0.3) is 0 Å². The van der Waals surface area contributed by atoms with E-state index in [1.165, 1.54) is 5.56 Å². The molecule has 2 heterocycles. The number of hydrogen-bond donors (Lipinski definition) is 2. The summed E-state index contributed by atoms with van der Waals surface area (Å²) in [5.41, 5.74) is 7.84. The third kappa shape index (κ3) is 5.95. The zero-order valence-corrected chi connectivity index (χ0v) is 18.0. The molecule has 0 unspecified atom stereocenters. The van der Waals surface area contributed by atoms with E-state index in [1.807, 2.05) is 32.2 Å². The summed E-state index contributed by atoms with van der Waals surface area (Å²) >= 11 is 12.1. The fraction of sp³-hybridized carbons (Fsp3) is 0.500. The van der Waals surface area contributed by atoms with E-state index in [1.54, 1.807) is 0 Å². The van der Waals surface area contributed by atoms with E-state index < -0.39 is 0 Å². The molecule has 6 nitrogen and oxygen atoms in total. The van der Waals surface area contributed by atoms with Gasteiger partial charge in [-0.05, 0) is 50.6 Å². The van der Waals surface area contributed by atoms with E-state index in [2.05, 4.69) is 31.2 Å². The van der Waals surface area contributed by atoms with E-state index in [0.29, 0.717) is 22.0 Å². The number of likely N-dealkylation sites (N-methyl/N-ethyl adjacent to an activating group) is 1. The highest BCUT2D eigenvalue weighted by Crippen LogP contribution is 2.24. The quantitative estimate of drug-likeness (QED) is 0.712. The molecule has 8 heteroatoms. The van der Waals surface area contributed by atoms with Crippen molar-refractivity contribution in [1.29, 1.82) is 0 Å². The molecule has 0 spiro atoms. The van der Waals surface area contributed by atoms with E-state index in [0.717, 1.165) is 57.1 Å². The van der Waals surface area contributed by atoms with Gasteiger partial charge in [0, 0.05) is 44.5 Å². The normalized spacial score (nSPS) is 15.7. The van der Waals surface area contributed by atoms with E-state index in [-0.39, 0.29) is 0 Å².